The van der Waals surface area contributed by atoms with E-state index in [-0.39, 0.29) is 5.91 Å². The predicted octanol–water partition coefficient (Wildman–Crippen LogP) is 6.46. The molecule has 0 fully saturated rings. The molecule has 0 unspecified atom stereocenters. The van der Waals surface area contributed by atoms with Gasteiger partial charge in [-0.3, -0.25) is 14.6 Å². The second-order valence-corrected chi connectivity index (χ2v) is 8.94. The maximum Gasteiger partial charge on any atom is 0.245 e. The monoisotopic (exact) mass is 452 g/mol. The quantitative estimate of drug-likeness (QED) is 0.196. The van der Waals surface area contributed by atoms with Crippen molar-refractivity contribution in [2.75, 3.05) is 14.2 Å². The fourth-order valence-electron chi connectivity index (χ4n) is 4.51. The Morgan fingerprint density at radius 3 is 2.33 bits per heavy atom. The molecule has 0 spiro atoms. The van der Waals surface area contributed by atoms with Crippen molar-refractivity contribution in [3.63, 3.8) is 0 Å². The molecule has 0 bridgehead atoms. The number of hydrogen-bond acceptors (Lipinski definition) is 4. The molecule has 0 saturated heterocycles. The summed E-state index contributed by atoms with van der Waals surface area (Å²) in [4.78, 5) is 26.1. The van der Waals surface area contributed by atoms with Crippen LogP contribution in [0.5, 0.6) is 0 Å². The van der Waals surface area contributed by atoms with Crippen LogP contribution in [0.4, 0.5) is 0 Å². The average Bonchev–Trinajstić information content (AvgIpc) is 3.19. The zero-order valence-electron chi connectivity index (χ0n) is 20.7. The Morgan fingerprint density at radius 1 is 0.970 bits per heavy atom. The molecular formula is C27H40N4O2. The van der Waals surface area contributed by atoms with Gasteiger partial charge in [0.1, 0.15) is 11.3 Å². The van der Waals surface area contributed by atoms with E-state index in [1.165, 1.54) is 73.8 Å². The number of carbonyl (C=O) groups excluding carboxylic acids is 1. The van der Waals surface area contributed by atoms with Crippen molar-refractivity contribution in [3.8, 4) is 0 Å². The number of benzene rings is 1. The molecule has 2 heterocycles. The number of carbonyl (C=O) groups is 1. The highest BCUT2D eigenvalue weighted by Crippen LogP contribution is 2.26. The van der Waals surface area contributed by atoms with Crippen LogP contribution in [0.3, 0.4) is 0 Å². The number of fused-ring (bicyclic) bond motifs is 3. The fraction of sp³-hybridized carbons (Fsp3) is 0.593. The van der Waals surface area contributed by atoms with E-state index >= 15 is 0 Å². The van der Waals surface area contributed by atoms with Crippen LogP contribution in [0.1, 0.15) is 83.4 Å². The van der Waals surface area contributed by atoms with Crippen molar-refractivity contribution in [2.24, 2.45) is 0 Å². The standard InChI is InChI=1S/C27H40N4O2/c1-4-16-25-29-24-21-28-23-18-14-13-17-22(23)27(24)31(25)20-15-11-9-7-5-6-8-10-12-19-26(32)30(2)33-3/h13-14,17-18,21H,4-12,15-16,19-20H2,1-3H3. The van der Waals surface area contributed by atoms with Gasteiger partial charge in [-0.15, -0.1) is 0 Å². The highest BCUT2D eigenvalue weighted by Gasteiger charge is 2.13. The molecule has 0 atom stereocenters. The van der Waals surface area contributed by atoms with Crippen LogP contribution in [0.25, 0.3) is 21.9 Å². The van der Waals surface area contributed by atoms with Gasteiger partial charge in [-0.05, 0) is 25.3 Å². The van der Waals surface area contributed by atoms with Gasteiger partial charge in [-0.25, -0.2) is 10.0 Å². The summed E-state index contributed by atoms with van der Waals surface area (Å²) in [6.45, 7) is 3.25. The summed E-state index contributed by atoms with van der Waals surface area (Å²) in [6, 6.07) is 8.40. The van der Waals surface area contributed by atoms with Crippen LogP contribution in [-0.4, -0.2) is 39.7 Å². The van der Waals surface area contributed by atoms with Crippen molar-refractivity contribution in [3.05, 3.63) is 36.3 Å². The van der Waals surface area contributed by atoms with Crippen LogP contribution < -0.4 is 0 Å². The van der Waals surface area contributed by atoms with E-state index < -0.39 is 0 Å². The zero-order valence-corrected chi connectivity index (χ0v) is 20.7. The van der Waals surface area contributed by atoms with Gasteiger partial charge >= 0.3 is 0 Å². The van der Waals surface area contributed by atoms with E-state index in [1.54, 1.807) is 7.05 Å². The summed E-state index contributed by atoms with van der Waals surface area (Å²) in [6.07, 6.45) is 15.5. The highest BCUT2D eigenvalue weighted by atomic mass is 16.7. The minimum atomic E-state index is 0.0644. The Kier molecular flexibility index (Phi) is 10.1. The number of aryl methyl sites for hydroxylation is 2. The molecule has 6 nitrogen and oxygen atoms in total. The van der Waals surface area contributed by atoms with E-state index in [2.05, 4.69) is 34.7 Å². The Morgan fingerprint density at radius 2 is 1.64 bits per heavy atom. The Labute approximate surface area is 198 Å². The lowest BCUT2D eigenvalue weighted by Gasteiger charge is -2.13. The van der Waals surface area contributed by atoms with Gasteiger partial charge in [0.05, 0.1) is 24.3 Å². The van der Waals surface area contributed by atoms with Crippen LogP contribution in [0.2, 0.25) is 0 Å². The largest absolute Gasteiger partial charge is 0.327 e. The van der Waals surface area contributed by atoms with E-state index in [9.17, 15) is 4.79 Å². The summed E-state index contributed by atoms with van der Waals surface area (Å²) >= 11 is 0. The van der Waals surface area contributed by atoms with Crippen molar-refractivity contribution in [2.45, 2.75) is 90.5 Å². The number of amides is 1. The van der Waals surface area contributed by atoms with Gasteiger partial charge in [-0.2, -0.15) is 0 Å². The van der Waals surface area contributed by atoms with Crippen molar-refractivity contribution in [1.29, 1.82) is 0 Å². The summed E-state index contributed by atoms with van der Waals surface area (Å²) in [5.41, 5.74) is 3.32. The molecule has 0 radical (unpaired) electrons. The number of unbranched alkanes of at least 4 members (excludes halogenated alkanes) is 8. The lowest BCUT2D eigenvalue weighted by Crippen LogP contribution is -2.24. The van der Waals surface area contributed by atoms with Crippen LogP contribution in [-0.2, 0) is 22.6 Å². The Bertz CT molecular complexity index is 1010. The summed E-state index contributed by atoms with van der Waals surface area (Å²) in [7, 11) is 3.20. The van der Waals surface area contributed by atoms with E-state index in [0.29, 0.717) is 6.42 Å². The zero-order chi connectivity index (χ0) is 23.5. The summed E-state index contributed by atoms with van der Waals surface area (Å²) in [5, 5.41) is 2.53. The normalized spacial score (nSPS) is 11.5. The molecule has 1 amide bonds. The molecule has 3 rings (SSSR count). The Balaban J connectivity index is 1.39. The SMILES string of the molecule is CCCc1nc2cnc3ccccc3c2n1CCCCCCCCCCCC(=O)N(C)OC. The fourth-order valence-corrected chi connectivity index (χ4v) is 4.51. The number of aromatic nitrogens is 3. The minimum absolute atomic E-state index is 0.0644. The predicted molar refractivity (Wildman–Crippen MR) is 135 cm³/mol. The summed E-state index contributed by atoms with van der Waals surface area (Å²) < 4.78 is 2.45. The van der Waals surface area contributed by atoms with Crippen molar-refractivity contribution in [1.82, 2.24) is 19.6 Å². The van der Waals surface area contributed by atoms with Gasteiger partial charge in [0.25, 0.3) is 0 Å². The van der Waals surface area contributed by atoms with Crippen molar-refractivity contribution >= 4 is 27.8 Å². The van der Waals surface area contributed by atoms with E-state index in [4.69, 9.17) is 9.82 Å². The lowest BCUT2D eigenvalue weighted by molar-refractivity contribution is -0.168. The molecule has 33 heavy (non-hydrogen) atoms. The summed E-state index contributed by atoms with van der Waals surface area (Å²) in [5.74, 6) is 1.26. The number of hydroxylamine groups is 2. The second-order valence-electron chi connectivity index (χ2n) is 8.94. The third-order valence-corrected chi connectivity index (χ3v) is 6.43. The van der Waals surface area contributed by atoms with E-state index in [0.717, 1.165) is 43.3 Å². The molecule has 0 N–H and O–H groups in total. The topological polar surface area (TPSA) is 60.2 Å². The molecule has 3 aromatic rings. The van der Waals surface area contributed by atoms with Gasteiger partial charge in [0.2, 0.25) is 5.91 Å². The molecule has 180 valence electrons. The average molecular weight is 453 g/mol. The molecular weight excluding hydrogens is 412 g/mol. The molecule has 0 aliphatic rings. The van der Waals surface area contributed by atoms with Crippen LogP contribution in [0.15, 0.2) is 30.5 Å². The maximum absolute atomic E-state index is 11.7. The minimum Gasteiger partial charge on any atom is -0.327 e. The third kappa shape index (κ3) is 7.00. The molecule has 1 aromatic carbocycles. The highest BCUT2D eigenvalue weighted by molar-refractivity contribution is 6.02. The smallest absolute Gasteiger partial charge is 0.245 e. The van der Waals surface area contributed by atoms with Gasteiger partial charge < -0.3 is 4.57 Å². The van der Waals surface area contributed by atoms with Gasteiger partial charge in [0.15, 0.2) is 0 Å². The van der Waals surface area contributed by atoms with Gasteiger partial charge in [0, 0.05) is 31.8 Å². The number of rotatable bonds is 15. The number of nitrogens with zero attached hydrogens (tertiary/aromatic N) is 4. The Hall–Kier alpha value is -2.47. The lowest BCUT2D eigenvalue weighted by atomic mass is 10.1. The molecule has 2 aromatic heterocycles. The molecule has 0 aliphatic carbocycles. The van der Waals surface area contributed by atoms with E-state index in [1.807, 2.05) is 12.3 Å². The first-order valence-electron chi connectivity index (χ1n) is 12.7. The number of hydrogen-bond donors (Lipinski definition) is 0. The third-order valence-electron chi connectivity index (χ3n) is 6.43. The first-order valence-corrected chi connectivity index (χ1v) is 12.7. The van der Waals surface area contributed by atoms with Crippen molar-refractivity contribution < 1.29 is 9.63 Å². The molecule has 6 heteroatoms. The first-order chi connectivity index (χ1) is 16.2. The molecule has 0 saturated carbocycles. The van der Waals surface area contributed by atoms with Crippen LogP contribution >= 0.6 is 0 Å². The number of para-hydroxylation sites is 1. The first kappa shape index (κ1) is 25.2. The number of imidazole rings is 1. The maximum atomic E-state index is 11.7. The van der Waals surface area contributed by atoms with Gasteiger partial charge in [-0.1, -0.05) is 70.1 Å². The number of pyridine rings is 1. The van der Waals surface area contributed by atoms with Crippen LogP contribution in [0, 0.1) is 0 Å². The molecule has 0 aliphatic heterocycles. The second kappa shape index (κ2) is 13.3.